The largest absolute Gasteiger partial charge is 0.256 e. The summed E-state index contributed by atoms with van der Waals surface area (Å²) in [6.45, 7) is 8.01. The predicted molar refractivity (Wildman–Crippen MR) is 143 cm³/mol. The van der Waals surface area contributed by atoms with Crippen LogP contribution in [0.1, 0.15) is 11.3 Å². The lowest BCUT2D eigenvalue weighted by atomic mass is 9.88. The van der Waals surface area contributed by atoms with Crippen molar-refractivity contribution in [1.29, 1.82) is 0 Å². The molecule has 0 bridgehead atoms. The molecule has 5 aromatic rings. The summed E-state index contributed by atoms with van der Waals surface area (Å²) in [5.41, 5.74) is 8.42. The van der Waals surface area contributed by atoms with E-state index in [0.29, 0.717) is 0 Å². The molecule has 2 heterocycles. The molecule has 0 aliphatic heterocycles. The van der Waals surface area contributed by atoms with Crippen molar-refractivity contribution in [1.82, 2.24) is 4.98 Å². The lowest BCUT2D eigenvalue weighted by molar-refractivity contribution is 1.27. The molecule has 156 valence electrons. The Morgan fingerprint density at radius 1 is 0.758 bits per heavy atom. The highest BCUT2D eigenvalue weighted by Crippen LogP contribution is 2.44. The summed E-state index contributed by atoms with van der Waals surface area (Å²) in [5.74, 6) is 0. The molecule has 6 rings (SSSR count). The molecular weight excluding hydrogens is 420 g/mol. The van der Waals surface area contributed by atoms with Gasteiger partial charge in [-0.05, 0) is 34.4 Å². The summed E-state index contributed by atoms with van der Waals surface area (Å²) < 4.78 is 2.57. The SMILES string of the molecule is C=CN=C1C(=C)C=Cc2nccc(-c3cccc4c3sc3c(-c5ccccc5)cccc34)c21. The van der Waals surface area contributed by atoms with Gasteiger partial charge < -0.3 is 0 Å². The third-order valence-corrected chi connectivity index (χ3v) is 7.37. The zero-order valence-corrected chi connectivity index (χ0v) is 18.8. The molecule has 0 spiro atoms. The van der Waals surface area contributed by atoms with Crippen LogP contribution in [-0.4, -0.2) is 10.7 Å². The van der Waals surface area contributed by atoms with Crippen LogP contribution in [0, 0.1) is 0 Å². The Labute approximate surface area is 196 Å². The van der Waals surface area contributed by atoms with E-state index in [9.17, 15) is 0 Å². The number of hydrogen-bond acceptors (Lipinski definition) is 3. The van der Waals surface area contributed by atoms with Gasteiger partial charge in [-0.2, -0.15) is 0 Å². The van der Waals surface area contributed by atoms with Crippen LogP contribution >= 0.6 is 11.3 Å². The number of allylic oxidation sites excluding steroid dienone is 2. The Bertz CT molecular complexity index is 1630. The van der Waals surface area contributed by atoms with Gasteiger partial charge in [-0.3, -0.25) is 9.98 Å². The van der Waals surface area contributed by atoms with E-state index >= 15 is 0 Å². The van der Waals surface area contributed by atoms with Crippen molar-refractivity contribution < 1.29 is 0 Å². The van der Waals surface area contributed by atoms with E-state index in [2.05, 4.69) is 95.9 Å². The summed E-state index contributed by atoms with van der Waals surface area (Å²) in [6.07, 6.45) is 7.43. The summed E-state index contributed by atoms with van der Waals surface area (Å²) in [6, 6.07) is 25.8. The molecule has 0 fully saturated rings. The lowest BCUT2D eigenvalue weighted by Gasteiger charge is -2.18. The second kappa shape index (κ2) is 7.80. The van der Waals surface area contributed by atoms with Crippen molar-refractivity contribution in [3.63, 3.8) is 0 Å². The quantitative estimate of drug-likeness (QED) is 0.277. The number of aromatic nitrogens is 1. The molecule has 0 atom stereocenters. The average molecular weight is 441 g/mol. The van der Waals surface area contributed by atoms with E-state index in [1.165, 1.54) is 36.9 Å². The van der Waals surface area contributed by atoms with Gasteiger partial charge in [0.1, 0.15) is 0 Å². The van der Waals surface area contributed by atoms with E-state index in [0.717, 1.165) is 28.1 Å². The molecule has 0 radical (unpaired) electrons. The van der Waals surface area contributed by atoms with E-state index in [4.69, 9.17) is 0 Å². The van der Waals surface area contributed by atoms with Crippen molar-refractivity contribution >= 4 is 43.3 Å². The molecule has 0 saturated heterocycles. The minimum atomic E-state index is 0.827. The fourth-order valence-electron chi connectivity index (χ4n) is 4.61. The van der Waals surface area contributed by atoms with E-state index in [1.807, 2.05) is 29.7 Å². The number of nitrogens with zero attached hydrogens (tertiary/aromatic N) is 2. The molecule has 1 aliphatic rings. The zero-order chi connectivity index (χ0) is 22.4. The van der Waals surface area contributed by atoms with Crippen LogP contribution in [0.5, 0.6) is 0 Å². The Balaban J connectivity index is 1.67. The predicted octanol–water partition coefficient (Wildman–Crippen LogP) is 8.30. The Morgan fingerprint density at radius 3 is 2.24 bits per heavy atom. The molecule has 0 saturated carbocycles. The Morgan fingerprint density at radius 2 is 1.48 bits per heavy atom. The number of fused-ring (bicyclic) bond motifs is 4. The van der Waals surface area contributed by atoms with Crippen LogP contribution < -0.4 is 0 Å². The van der Waals surface area contributed by atoms with Crippen molar-refractivity contribution in [2.75, 3.05) is 0 Å². The Kier molecular flexibility index (Phi) is 4.63. The van der Waals surface area contributed by atoms with Gasteiger partial charge in [0, 0.05) is 43.7 Å². The second-order valence-electron chi connectivity index (χ2n) is 7.97. The zero-order valence-electron chi connectivity index (χ0n) is 18.0. The molecule has 3 aromatic carbocycles. The average Bonchev–Trinajstić information content (AvgIpc) is 3.25. The first-order valence-electron chi connectivity index (χ1n) is 10.8. The first-order chi connectivity index (χ1) is 16.3. The highest BCUT2D eigenvalue weighted by molar-refractivity contribution is 7.26. The maximum atomic E-state index is 4.61. The summed E-state index contributed by atoms with van der Waals surface area (Å²) in [4.78, 5) is 9.17. The molecule has 3 heteroatoms. The number of rotatable bonds is 3. The van der Waals surface area contributed by atoms with Gasteiger partial charge in [-0.1, -0.05) is 86.0 Å². The van der Waals surface area contributed by atoms with Crippen LogP contribution in [0.15, 0.2) is 115 Å². The summed E-state index contributed by atoms with van der Waals surface area (Å²) >= 11 is 1.85. The van der Waals surface area contributed by atoms with E-state index in [-0.39, 0.29) is 0 Å². The number of aliphatic imine (C=N–C) groups is 1. The standard InChI is InChI=1S/C30H20N2S/c1-3-31-28-19(2)15-16-26-27(28)22(17-18-32-26)23-12-8-14-25-24-13-7-11-21(29(24)33-30(23)25)20-9-5-4-6-10-20/h3-18H,1-2H2. The molecule has 0 unspecified atom stereocenters. The van der Waals surface area contributed by atoms with Crippen molar-refractivity contribution in [2.45, 2.75) is 0 Å². The van der Waals surface area contributed by atoms with Gasteiger partial charge in [0.2, 0.25) is 0 Å². The van der Waals surface area contributed by atoms with E-state index < -0.39 is 0 Å². The fourth-order valence-corrected chi connectivity index (χ4v) is 5.98. The second-order valence-corrected chi connectivity index (χ2v) is 8.99. The molecular formula is C30H20N2S. The summed E-state index contributed by atoms with van der Waals surface area (Å²) in [7, 11) is 0. The normalized spacial score (nSPS) is 14.2. The smallest absolute Gasteiger partial charge is 0.0796 e. The van der Waals surface area contributed by atoms with Crippen LogP contribution in [0.2, 0.25) is 0 Å². The minimum Gasteiger partial charge on any atom is -0.256 e. The molecule has 0 N–H and O–H groups in total. The van der Waals surface area contributed by atoms with Crippen molar-refractivity contribution in [2.24, 2.45) is 4.99 Å². The van der Waals surface area contributed by atoms with Crippen LogP contribution in [0.3, 0.4) is 0 Å². The first kappa shape index (κ1) is 19.6. The van der Waals surface area contributed by atoms with Gasteiger partial charge >= 0.3 is 0 Å². The highest BCUT2D eigenvalue weighted by Gasteiger charge is 2.22. The molecule has 33 heavy (non-hydrogen) atoms. The third-order valence-electron chi connectivity index (χ3n) is 6.08. The molecule has 2 nitrogen and oxygen atoms in total. The lowest BCUT2D eigenvalue weighted by Crippen LogP contribution is -2.11. The molecule has 1 aliphatic carbocycles. The number of hydrogen-bond donors (Lipinski definition) is 0. The summed E-state index contributed by atoms with van der Waals surface area (Å²) in [5, 5.41) is 2.55. The maximum Gasteiger partial charge on any atom is 0.0796 e. The number of thiophene rings is 1. The maximum absolute atomic E-state index is 4.61. The first-order valence-corrected chi connectivity index (χ1v) is 11.6. The fraction of sp³-hybridized carbons (Fsp3) is 0. The topological polar surface area (TPSA) is 25.2 Å². The van der Waals surface area contributed by atoms with Crippen molar-refractivity contribution in [3.05, 3.63) is 121 Å². The van der Waals surface area contributed by atoms with Gasteiger partial charge in [0.05, 0.1) is 11.4 Å². The highest BCUT2D eigenvalue weighted by atomic mass is 32.1. The van der Waals surface area contributed by atoms with Crippen LogP contribution in [0.25, 0.3) is 48.5 Å². The molecule has 2 aromatic heterocycles. The molecule has 0 amide bonds. The van der Waals surface area contributed by atoms with Gasteiger partial charge in [-0.25, -0.2) is 0 Å². The number of pyridine rings is 1. The van der Waals surface area contributed by atoms with Crippen LogP contribution in [0.4, 0.5) is 0 Å². The van der Waals surface area contributed by atoms with Crippen LogP contribution in [-0.2, 0) is 0 Å². The Hall–Kier alpha value is -4.08. The minimum absolute atomic E-state index is 0.827. The van der Waals surface area contributed by atoms with Gasteiger partial charge in [0.15, 0.2) is 0 Å². The number of benzene rings is 3. The van der Waals surface area contributed by atoms with E-state index in [1.54, 1.807) is 6.20 Å². The van der Waals surface area contributed by atoms with Gasteiger partial charge in [-0.15, -0.1) is 11.3 Å². The third kappa shape index (κ3) is 3.09. The van der Waals surface area contributed by atoms with Crippen molar-refractivity contribution in [3.8, 4) is 22.3 Å². The van der Waals surface area contributed by atoms with Gasteiger partial charge in [0.25, 0.3) is 0 Å². The monoisotopic (exact) mass is 440 g/mol.